The van der Waals surface area contributed by atoms with Crippen LogP contribution in [-0.2, 0) is 20.9 Å². The van der Waals surface area contributed by atoms with Crippen molar-refractivity contribution in [2.75, 3.05) is 6.61 Å². The highest BCUT2D eigenvalue weighted by atomic mass is 32.1. The summed E-state index contributed by atoms with van der Waals surface area (Å²) in [5.74, 6) is -1.78. The molecular formula is C32H31N3O6S. The first kappa shape index (κ1) is 29.0. The number of thiazole rings is 1. The van der Waals surface area contributed by atoms with Gasteiger partial charge in [-0.15, -0.1) is 11.3 Å². The number of rotatable bonds is 11. The Bertz CT molecular complexity index is 1530. The average molecular weight is 586 g/mol. The molecule has 1 heterocycles. The molecule has 2 amide bonds. The summed E-state index contributed by atoms with van der Waals surface area (Å²) < 4.78 is 11.7. The van der Waals surface area contributed by atoms with Crippen molar-refractivity contribution in [2.24, 2.45) is 0 Å². The van der Waals surface area contributed by atoms with Crippen molar-refractivity contribution in [1.29, 1.82) is 0 Å². The highest BCUT2D eigenvalue weighted by Gasteiger charge is 2.32. The lowest BCUT2D eigenvalue weighted by molar-refractivity contribution is -0.127. The molecule has 1 aliphatic carbocycles. The van der Waals surface area contributed by atoms with Crippen LogP contribution in [0.1, 0.15) is 58.0 Å². The van der Waals surface area contributed by atoms with Crippen molar-refractivity contribution >= 4 is 29.3 Å². The summed E-state index contributed by atoms with van der Waals surface area (Å²) in [7, 11) is 0. The van der Waals surface area contributed by atoms with E-state index in [1.807, 2.05) is 66.7 Å². The van der Waals surface area contributed by atoms with Crippen molar-refractivity contribution < 1.29 is 29.0 Å². The predicted molar refractivity (Wildman–Crippen MR) is 158 cm³/mol. The van der Waals surface area contributed by atoms with Crippen molar-refractivity contribution in [2.45, 2.75) is 44.6 Å². The molecule has 1 unspecified atom stereocenters. The molecule has 9 nitrogen and oxygen atoms in total. The standard InChI is InChI=1S/C32H31N3O6S/c1-19(30-34-27(18-42-30)31(37)38)33-29(36)28(20(2)40-16-21-10-4-3-5-11-21)35-32(39)41-17-26-24-14-8-6-12-22(24)23-13-7-9-15-25(23)26/h3-15,18-20,26,28H,16-17H2,1-2H3,(H,33,36)(H,35,39)(H,37,38)/t19?,20-,28+/m0/s1. The average Bonchev–Trinajstić information content (AvgIpc) is 3.62. The molecule has 42 heavy (non-hydrogen) atoms. The van der Waals surface area contributed by atoms with E-state index < -0.39 is 36.2 Å². The molecule has 0 aliphatic heterocycles. The van der Waals surface area contributed by atoms with Gasteiger partial charge in [-0.3, -0.25) is 4.79 Å². The monoisotopic (exact) mass is 585 g/mol. The maximum Gasteiger partial charge on any atom is 0.407 e. The number of hydrogen-bond acceptors (Lipinski definition) is 7. The van der Waals surface area contributed by atoms with E-state index in [1.54, 1.807) is 13.8 Å². The molecule has 3 N–H and O–H groups in total. The Morgan fingerprint density at radius 2 is 1.52 bits per heavy atom. The van der Waals surface area contributed by atoms with E-state index in [0.29, 0.717) is 5.01 Å². The Kier molecular flexibility index (Phi) is 8.94. The van der Waals surface area contributed by atoms with Crippen LogP contribution >= 0.6 is 11.3 Å². The van der Waals surface area contributed by atoms with Crippen LogP contribution in [0, 0.1) is 0 Å². The highest BCUT2D eigenvalue weighted by molar-refractivity contribution is 7.09. The first-order valence-corrected chi connectivity index (χ1v) is 14.5. The molecule has 0 saturated carbocycles. The third kappa shape index (κ3) is 6.50. The zero-order valence-corrected chi connectivity index (χ0v) is 24.0. The molecule has 0 radical (unpaired) electrons. The maximum atomic E-state index is 13.4. The molecular weight excluding hydrogens is 554 g/mol. The molecule has 0 saturated heterocycles. The normalized spacial score (nSPS) is 14.2. The number of carboxylic acid groups (broad SMARTS) is 1. The van der Waals surface area contributed by atoms with Gasteiger partial charge in [0.15, 0.2) is 5.69 Å². The number of aromatic nitrogens is 1. The van der Waals surface area contributed by atoms with Crippen LogP contribution in [-0.4, -0.2) is 46.8 Å². The van der Waals surface area contributed by atoms with Crippen molar-refractivity contribution in [3.05, 3.63) is 112 Å². The summed E-state index contributed by atoms with van der Waals surface area (Å²) in [6.45, 7) is 3.73. The van der Waals surface area contributed by atoms with E-state index in [0.717, 1.165) is 39.2 Å². The molecule has 0 spiro atoms. The number of amides is 2. The zero-order valence-electron chi connectivity index (χ0n) is 23.2. The lowest BCUT2D eigenvalue weighted by atomic mass is 9.98. The van der Waals surface area contributed by atoms with Gasteiger partial charge in [0.25, 0.3) is 0 Å². The number of carboxylic acids is 1. The predicted octanol–water partition coefficient (Wildman–Crippen LogP) is 5.53. The van der Waals surface area contributed by atoms with E-state index in [9.17, 15) is 19.5 Å². The molecule has 10 heteroatoms. The quantitative estimate of drug-likeness (QED) is 0.211. The molecule has 3 aromatic carbocycles. The van der Waals surface area contributed by atoms with Gasteiger partial charge in [0, 0.05) is 11.3 Å². The first-order valence-electron chi connectivity index (χ1n) is 13.6. The Labute approximate surface area is 247 Å². The molecule has 1 aromatic heterocycles. The van der Waals surface area contributed by atoms with Crippen LogP contribution in [0.4, 0.5) is 4.79 Å². The lowest BCUT2D eigenvalue weighted by Gasteiger charge is -2.26. The minimum atomic E-state index is -1.14. The molecule has 216 valence electrons. The number of carbonyl (C=O) groups is 3. The smallest absolute Gasteiger partial charge is 0.407 e. The number of alkyl carbamates (subject to hydrolysis) is 1. The second-order valence-electron chi connectivity index (χ2n) is 10.1. The zero-order chi connectivity index (χ0) is 29.6. The largest absolute Gasteiger partial charge is 0.476 e. The van der Waals surface area contributed by atoms with E-state index in [-0.39, 0.29) is 24.8 Å². The Morgan fingerprint density at radius 3 is 2.14 bits per heavy atom. The number of aromatic carboxylic acids is 1. The SMILES string of the molecule is CC(NC(=O)[C@H](NC(=O)OCC1c2ccccc2-c2ccccc21)[C@H](C)OCc1ccccc1)c1nc(C(=O)O)cs1. The van der Waals surface area contributed by atoms with E-state index in [4.69, 9.17) is 9.47 Å². The third-order valence-electron chi connectivity index (χ3n) is 7.19. The second-order valence-corrected chi connectivity index (χ2v) is 10.9. The van der Waals surface area contributed by atoms with Crippen LogP contribution in [0.2, 0.25) is 0 Å². The van der Waals surface area contributed by atoms with Gasteiger partial charge in [-0.2, -0.15) is 0 Å². The number of nitrogens with one attached hydrogen (secondary N) is 2. The third-order valence-corrected chi connectivity index (χ3v) is 8.22. The van der Waals surface area contributed by atoms with Crippen LogP contribution in [0.3, 0.4) is 0 Å². The van der Waals surface area contributed by atoms with E-state index in [1.165, 1.54) is 5.38 Å². The lowest BCUT2D eigenvalue weighted by Crippen LogP contribution is -2.53. The second kappa shape index (κ2) is 13.0. The number of fused-ring (bicyclic) bond motifs is 3. The number of benzene rings is 3. The van der Waals surface area contributed by atoms with Gasteiger partial charge in [0.1, 0.15) is 17.7 Å². The summed E-state index contributed by atoms with van der Waals surface area (Å²) in [5.41, 5.74) is 5.22. The van der Waals surface area contributed by atoms with Crippen molar-refractivity contribution in [3.63, 3.8) is 0 Å². The maximum absolute atomic E-state index is 13.4. The number of carbonyl (C=O) groups excluding carboxylic acids is 2. The number of nitrogens with zero attached hydrogens (tertiary/aromatic N) is 1. The Hall–Kier alpha value is -4.54. The summed E-state index contributed by atoms with van der Waals surface area (Å²) in [4.78, 5) is 41.9. The van der Waals surface area contributed by atoms with Crippen LogP contribution < -0.4 is 10.6 Å². The van der Waals surface area contributed by atoms with Gasteiger partial charge in [-0.25, -0.2) is 14.6 Å². The minimum Gasteiger partial charge on any atom is -0.476 e. The first-order chi connectivity index (χ1) is 20.3. The summed E-state index contributed by atoms with van der Waals surface area (Å²) in [6.07, 6.45) is -1.47. The van der Waals surface area contributed by atoms with Crippen molar-refractivity contribution in [3.8, 4) is 11.1 Å². The van der Waals surface area contributed by atoms with Gasteiger partial charge in [0.2, 0.25) is 5.91 Å². The summed E-state index contributed by atoms with van der Waals surface area (Å²) in [5, 5.41) is 16.6. The molecule has 4 aromatic rings. The van der Waals surface area contributed by atoms with Gasteiger partial charge >= 0.3 is 12.1 Å². The Balaban J connectivity index is 1.27. The molecule has 3 atom stereocenters. The van der Waals surface area contributed by atoms with Gasteiger partial charge in [0.05, 0.1) is 18.8 Å². The van der Waals surface area contributed by atoms with Crippen molar-refractivity contribution in [1.82, 2.24) is 15.6 Å². The Morgan fingerprint density at radius 1 is 0.905 bits per heavy atom. The number of ether oxygens (including phenoxy) is 2. The van der Waals surface area contributed by atoms with E-state index >= 15 is 0 Å². The van der Waals surface area contributed by atoms with Gasteiger partial charge in [-0.1, -0.05) is 78.9 Å². The van der Waals surface area contributed by atoms with Gasteiger partial charge in [-0.05, 0) is 41.7 Å². The van der Waals surface area contributed by atoms with Crippen LogP contribution in [0.5, 0.6) is 0 Å². The molecule has 0 bridgehead atoms. The summed E-state index contributed by atoms with van der Waals surface area (Å²) >= 11 is 1.13. The summed E-state index contributed by atoms with van der Waals surface area (Å²) in [6, 6.07) is 23.9. The number of hydrogen-bond donors (Lipinski definition) is 3. The minimum absolute atomic E-state index is 0.0935. The van der Waals surface area contributed by atoms with Gasteiger partial charge < -0.3 is 25.2 Å². The molecule has 0 fully saturated rings. The fourth-order valence-corrected chi connectivity index (χ4v) is 5.81. The molecule has 5 rings (SSSR count). The van der Waals surface area contributed by atoms with Crippen LogP contribution in [0.15, 0.2) is 84.2 Å². The fraction of sp³-hybridized carbons (Fsp3) is 0.250. The molecule has 1 aliphatic rings. The topological polar surface area (TPSA) is 127 Å². The fourth-order valence-electron chi connectivity index (χ4n) is 5.01. The van der Waals surface area contributed by atoms with Crippen LogP contribution in [0.25, 0.3) is 11.1 Å². The van der Waals surface area contributed by atoms with E-state index in [2.05, 4.69) is 27.8 Å². The highest BCUT2D eigenvalue weighted by Crippen LogP contribution is 2.44.